The standard InChI is InChI=1S/C15H25N5/c1-19-7-3-4-14(11-19)20(2)15-17-9-12(10-18-15)8-16-13-5-6-13/h9-10,13-14,16H,3-8,11H2,1-2H3. The Hall–Kier alpha value is -1.20. The van der Waals surface area contributed by atoms with E-state index < -0.39 is 0 Å². The number of aromatic nitrogens is 2. The van der Waals surface area contributed by atoms with Gasteiger partial charge in [0.2, 0.25) is 5.95 Å². The van der Waals surface area contributed by atoms with Crippen molar-refractivity contribution in [2.24, 2.45) is 0 Å². The zero-order chi connectivity index (χ0) is 13.9. The van der Waals surface area contributed by atoms with Crippen LogP contribution < -0.4 is 10.2 Å². The quantitative estimate of drug-likeness (QED) is 0.876. The summed E-state index contributed by atoms with van der Waals surface area (Å²) in [5.41, 5.74) is 1.18. The van der Waals surface area contributed by atoms with E-state index in [1.807, 2.05) is 12.4 Å². The fourth-order valence-electron chi connectivity index (χ4n) is 2.79. The average Bonchev–Trinajstić information content (AvgIpc) is 3.29. The molecule has 2 aliphatic rings. The predicted molar refractivity (Wildman–Crippen MR) is 80.8 cm³/mol. The average molecular weight is 275 g/mol. The van der Waals surface area contributed by atoms with Crippen LogP contribution in [0.15, 0.2) is 12.4 Å². The summed E-state index contributed by atoms with van der Waals surface area (Å²) in [5, 5.41) is 3.49. The molecule has 0 aromatic carbocycles. The van der Waals surface area contributed by atoms with Crippen molar-refractivity contribution in [1.29, 1.82) is 0 Å². The van der Waals surface area contributed by atoms with Crippen LogP contribution in [0.25, 0.3) is 0 Å². The van der Waals surface area contributed by atoms with Gasteiger partial charge in [-0.2, -0.15) is 0 Å². The Morgan fingerprint density at radius 2 is 2.05 bits per heavy atom. The molecular weight excluding hydrogens is 250 g/mol. The molecule has 1 aromatic heterocycles. The molecule has 1 aliphatic carbocycles. The number of hydrogen-bond donors (Lipinski definition) is 1. The molecule has 0 bridgehead atoms. The number of likely N-dealkylation sites (tertiary alicyclic amines) is 1. The van der Waals surface area contributed by atoms with E-state index in [0.29, 0.717) is 6.04 Å². The zero-order valence-corrected chi connectivity index (χ0v) is 12.5. The summed E-state index contributed by atoms with van der Waals surface area (Å²) < 4.78 is 0. The molecule has 1 saturated heterocycles. The third-order valence-electron chi connectivity index (χ3n) is 4.33. The van der Waals surface area contributed by atoms with Gasteiger partial charge in [-0.05, 0) is 39.3 Å². The molecule has 1 atom stereocenters. The number of piperidine rings is 1. The summed E-state index contributed by atoms with van der Waals surface area (Å²) in [6.45, 7) is 3.20. The molecule has 5 heteroatoms. The summed E-state index contributed by atoms with van der Waals surface area (Å²) in [4.78, 5) is 13.7. The Balaban J connectivity index is 1.57. The van der Waals surface area contributed by atoms with Crippen LogP contribution in [0.5, 0.6) is 0 Å². The monoisotopic (exact) mass is 275 g/mol. The smallest absolute Gasteiger partial charge is 0.225 e. The molecule has 1 saturated carbocycles. The van der Waals surface area contributed by atoms with Gasteiger partial charge in [-0.1, -0.05) is 0 Å². The van der Waals surface area contributed by atoms with E-state index in [4.69, 9.17) is 0 Å². The molecule has 5 nitrogen and oxygen atoms in total. The zero-order valence-electron chi connectivity index (χ0n) is 12.5. The third-order valence-corrected chi connectivity index (χ3v) is 4.33. The molecule has 110 valence electrons. The Morgan fingerprint density at radius 1 is 1.30 bits per heavy atom. The van der Waals surface area contributed by atoms with Crippen LogP contribution in [0.3, 0.4) is 0 Å². The highest BCUT2D eigenvalue weighted by Crippen LogP contribution is 2.20. The SMILES string of the molecule is CN1CCCC(N(C)c2ncc(CNC3CC3)cn2)C1. The van der Waals surface area contributed by atoms with Gasteiger partial charge >= 0.3 is 0 Å². The largest absolute Gasteiger partial charge is 0.340 e. The van der Waals surface area contributed by atoms with Gasteiger partial charge < -0.3 is 15.1 Å². The molecule has 0 spiro atoms. The molecule has 1 aliphatic heterocycles. The van der Waals surface area contributed by atoms with E-state index in [0.717, 1.165) is 25.1 Å². The summed E-state index contributed by atoms with van der Waals surface area (Å²) in [5.74, 6) is 0.848. The molecule has 0 radical (unpaired) electrons. The number of likely N-dealkylation sites (N-methyl/N-ethyl adjacent to an activating group) is 2. The van der Waals surface area contributed by atoms with Gasteiger partial charge in [0.25, 0.3) is 0 Å². The number of hydrogen-bond acceptors (Lipinski definition) is 5. The minimum atomic E-state index is 0.532. The lowest BCUT2D eigenvalue weighted by molar-refractivity contribution is 0.247. The lowest BCUT2D eigenvalue weighted by Crippen LogP contribution is -2.45. The molecule has 1 N–H and O–H groups in total. The van der Waals surface area contributed by atoms with Gasteiger partial charge in [-0.3, -0.25) is 0 Å². The maximum atomic E-state index is 4.53. The summed E-state index contributed by atoms with van der Waals surface area (Å²) in [6.07, 6.45) is 9.04. The first kappa shape index (κ1) is 13.8. The second kappa shape index (κ2) is 6.06. The minimum absolute atomic E-state index is 0.532. The van der Waals surface area contributed by atoms with Crippen molar-refractivity contribution in [2.45, 2.75) is 44.3 Å². The third kappa shape index (κ3) is 3.46. The van der Waals surface area contributed by atoms with Crippen molar-refractivity contribution in [1.82, 2.24) is 20.2 Å². The first-order valence-electron chi connectivity index (χ1n) is 7.68. The molecule has 20 heavy (non-hydrogen) atoms. The molecule has 1 unspecified atom stereocenters. The van der Waals surface area contributed by atoms with Gasteiger partial charge in [-0.15, -0.1) is 0 Å². The summed E-state index contributed by atoms with van der Waals surface area (Å²) >= 11 is 0. The van der Waals surface area contributed by atoms with Crippen molar-refractivity contribution < 1.29 is 0 Å². The van der Waals surface area contributed by atoms with Crippen molar-refractivity contribution in [3.8, 4) is 0 Å². The Bertz CT molecular complexity index is 428. The molecule has 2 fully saturated rings. The van der Waals surface area contributed by atoms with Gasteiger partial charge in [-0.25, -0.2) is 9.97 Å². The molecule has 1 aromatic rings. The second-order valence-corrected chi connectivity index (χ2v) is 6.22. The molecule has 2 heterocycles. The highest BCUT2D eigenvalue weighted by Gasteiger charge is 2.23. The van der Waals surface area contributed by atoms with Gasteiger partial charge in [0.05, 0.1) is 0 Å². The minimum Gasteiger partial charge on any atom is -0.340 e. The predicted octanol–water partition coefficient (Wildman–Crippen LogP) is 1.26. The van der Waals surface area contributed by atoms with E-state index >= 15 is 0 Å². The van der Waals surface area contributed by atoms with Gasteiger partial charge in [0, 0.05) is 50.2 Å². The Morgan fingerprint density at radius 3 is 2.70 bits per heavy atom. The van der Waals surface area contributed by atoms with Gasteiger partial charge in [0.15, 0.2) is 0 Å². The van der Waals surface area contributed by atoms with E-state index in [1.54, 1.807) is 0 Å². The Labute approximate surface area is 121 Å². The van der Waals surface area contributed by atoms with E-state index in [9.17, 15) is 0 Å². The van der Waals surface area contributed by atoms with Crippen LogP contribution in [0.1, 0.15) is 31.2 Å². The number of rotatable bonds is 5. The topological polar surface area (TPSA) is 44.3 Å². The van der Waals surface area contributed by atoms with Crippen molar-refractivity contribution >= 4 is 5.95 Å². The maximum Gasteiger partial charge on any atom is 0.225 e. The first-order valence-corrected chi connectivity index (χ1v) is 7.68. The van der Waals surface area contributed by atoms with Crippen molar-refractivity contribution in [3.63, 3.8) is 0 Å². The maximum absolute atomic E-state index is 4.53. The fraction of sp³-hybridized carbons (Fsp3) is 0.733. The molecular formula is C15H25N5. The lowest BCUT2D eigenvalue weighted by atomic mass is 10.1. The van der Waals surface area contributed by atoms with E-state index in [-0.39, 0.29) is 0 Å². The second-order valence-electron chi connectivity index (χ2n) is 6.22. The van der Waals surface area contributed by atoms with Crippen molar-refractivity contribution in [3.05, 3.63) is 18.0 Å². The van der Waals surface area contributed by atoms with E-state index in [2.05, 4.69) is 39.2 Å². The van der Waals surface area contributed by atoms with Crippen LogP contribution in [0.4, 0.5) is 5.95 Å². The number of nitrogens with one attached hydrogen (secondary N) is 1. The summed E-state index contributed by atoms with van der Waals surface area (Å²) in [6, 6.07) is 1.26. The van der Waals surface area contributed by atoms with Crippen LogP contribution >= 0.6 is 0 Å². The van der Waals surface area contributed by atoms with Gasteiger partial charge in [0.1, 0.15) is 0 Å². The fourth-order valence-corrected chi connectivity index (χ4v) is 2.79. The number of nitrogens with zero attached hydrogens (tertiary/aromatic N) is 4. The van der Waals surface area contributed by atoms with Crippen LogP contribution in [-0.4, -0.2) is 54.1 Å². The lowest BCUT2D eigenvalue weighted by Gasteiger charge is -2.35. The molecule has 3 rings (SSSR count). The molecule has 0 amide bonds. The van der Waals surface area contributed by atoms with Crippen molar-refractivity contribution in [2.75, 3.05) is 32.1 Å². The van der Waals surface area contributed by atoms with E-state index in [1.165, 1.54) is 37.8 Å². The summed E-state index contributed by atoms with van der Waals surface area (Å²) in [7, 11) is 4.30. The first-order chi connectivity index (χ1) is 9.72. The van der Waals surface area contributed by atoms with Crippen LogP contribution in [0.2, 0.25) is 0 Å². The van der Waals surface area contributed by atoms with Crippen LogP contribution in [0, 0.1) is 0 Å². The van der Waals surface area contributed by atoms with Crippen LogP contribution in [-0.2, 0) is 6.54 Å². The Kier molecular flexibility index (Phi) is 4.17. The highest BCUT2D eigenvalue weighted by atomic mass is 15.3. The number of anilines is 1. The normalized spacial score (nSPS) is 23.8. The highest BCUT2D eigenvalue weighted by molar-refractivity contribution is 5.30.